The van der Waals surface area contributed by atoms with Crippen LogP contribution in [0.5, 0.6) is 0 Å². The summed E-state index contributed by atoms with van der Waals surface area (Å²) in [5, 5.41) is 12.4. The van der Waals surface area contributed by atoms with Gasteiger partial charge in [-0.05, 0) is 57.8 Å². The summed E-state index contributed by atoms with van der Waals surface area (Å²) in [5.74, 6) is -0.315. The number of nitrogens with zero attached hydrogens (tertiary/aromatic N) is 1. The average molecular weight is 346 g/mol. The first-order chi connectivity index (χ1) is 11.8. The first-order valence-electron chi connectivity index (χ1n) is 8.90. The number of rotatable bonds is 5. The van der Waals surface area contributed by atoms with Crippen LogP contribution < -0.4 is 5.11 Å². The second-order valence-electron chi connectivity index (χ2n) is 7.24. The van der Waals surface area contributed by atoms with E-state index in [2.05, 4.69) is 0 Å². The quantitative estimate of drug-likeness (QED) is 0.765. The predicted molar refractivity (Wildman–Crippen MR) is 95.6 cm³/mol. The molecule has 1 aliphatic rings. The SMILES string of the molecule is CCO/C([O-])=C(\CC1CCCN1C(=O)OC(C)(C)C)c1ccccc1. The lowest BCUT2D eigenvalue weighted by atomic mass is 9.98. The van der Waals surface area contributed by atoms with Gasteiger partial charge in [-0.3, -0.25) is 0 Å². The lowest BCUT2D eigenvalue weighted by Crippen LogP contribution is -2.40. The summed E-state index contributed by atoms with van der Waals surface area (Å²) in [4.78, 5) is 14.2. The van der Waals surface area contributed by atoms with Gasteiger partial charge >= 0.3 is 6.09 Å². The summed E-state index contributed by atoms with van der Waals surface area (Å²) in [6.45, 7) is 8.35. The largest absolute Gasteiger partial charge is 0.613 e. The molecule has 5 heteroatoms. The van der Waals surface area contributed by atoms with Gasteiger partial charge in [0, 0.05) is 12.6 Å². The van der Waals surface area contributed by atoms with Gasteiger partial charge in [-0.25, -0.2) is 4.79 Å². The normalized spacial score (nSPS) is 18.7. The molecular formula is C20H28NO4-. The van der Waals surface area contributed by atoms with Gasteiger partial charge in [0.05, 0.1) is 5.95 Å². The van der Waals surface area contributed by atoms with Crippen LogP contribution in [0.25, 0.3) is 5.57 Å². The fraction of sp³-hybridized carbons (Fsp3) is 0.550. The molecule has 1 aromatic carbocycles. The molecule has 1 aliphatic heterocycles. The first kappa shape index (κ1) is 19.2. The molecule has 1 aromatic rings. The van der Waals surface area contributed by atoms with Crippen LogP contribution in [0.2, 0.25) is 0 Å². The van der Waals surface area contributed by atoms with Crippen LogP contribution in [-0.2, 0) is 9.47 Å². The molecule has 5 nitrogen and oxygen atoms in total. The van der Waals surface area contributed by atoms with E-state index in [0.717, 1.165) is 18.4 Å². The van der Waals surface area contributed by atoms with Crippen molar-refractivity contribution < 1.29 is 19.4 Å². The molecule has 0 bridgehead atoms. The minimum atomic E-state index is -0.530. The zero-order chi connectivity index (χ0) is 18.4. The van der Waals surface area contributed by atoms with Crippen LogP contribution in [-0.4, -0.2) is 35.8 Å². The van der Waals surface area contributed by atoms with Gasteiger partial charge in [0.1, 0.15) is 5.60 Å². The molecule has 0 spiro atoms. The van der Waals surface area contributed by atoms with E-state index in [1.807, 2.05) is 51.1 Å². The third-order valence-corrected chi connectivity index (χ3v) is 4.09. The fourth-order valence-electron chi connectivity index (χ4n) is 3.02. The van der Waals surface area contributed by atoms with Gasteiger partial charge in [-0.1, -0.05) is 37.3 Å². The second kappa shape index (κ2) is 8.28. The van der Waals surface area contributed by atoms with Gasteiger partial charge in [0.25, 0.3) is 0 Å². The maximum atomic E-state index is 12.5. The van der Waals surface area contributed by atoms with Gasteiger partial charge in [0.2, 0.25) is 0 Å². The third kappa shape index (κ3) is 5.41. The summed E-state index contributed by atoms with van der Waals surface area (Å²) in [5.41, 5.74) is 0.928. The Kier molecular flexibility index (Phi) is 6.34. The van der Waals surface area contributed by atoms with Crippen molar-refractivity contribution in [1.82, 2.24) is 4.90 Å². The summed E-state index contributed by atoms with van der Waals surface area (Å²) in [6.07, 6.45) is 1.93. The first-order valence-corrected chi connectivity index (χ1v) is 8.90. The molecule has 0 N–H and O–H groups in total. The van der Waals surface area contributed by atoms with E-state index in [0.29, 0.717) is 25.1 Å². The number of amides is 1. The van der Waals surface area contributed by atoms with Crippen molar-refractivity contribution >= 4 is 11.7 Å². The molecule has 1 amide bonds. The Morgan fingerprint density at radius 2 is 1.96 bits per heavy atom. The molecule has 0 aromatic heterocycles. The van der Waals surface area contributed by atoms with E-state index >= 15 is 0 Å². The molecule has 0 saturated carbocycles. The van der Waals surface area contributed by atoms with Crippen LogP contribution in [0.3, 0.4) is 0 Å². The van der Waals surface area contributed by atoms with Crippen LogP contribution in [0.15, 0.2) is 36.3 Å². The third-order valence-electron chi connectivity index (χ3n) is 4.09. The topological polar surface area (TPSA) is 61.8 Å². The van der Waals surface area contributed by atoms with Crippen LogP contribution >= 0.6 is 0 Å². The lowest BCUT2D eigenvalue weighted by molar-refractivity contribution is -0.355. The van der Waals surface area contributed by atoms with E-state index in [4.69, 9.17) is 9.47 Å². The highest BCUT2D eigenvalue weighted by atomic mass is 16.6. The average Bonchev–Trinajstić information content (AvgIpc) is 3.00. The highest BCUT2D eigenvalue weighted by Gasteiger charge is 2.32. The van der Waals surface area contributed by atoms with Crippen molar-refractivity contribution in [2.45, 2.75) is 58.6 Å². The maximum absolute atomic E-state index is 12.5. The lowest BCUT2D eigenvalue weighted by Gasteiger charge is -2.30. The summed E-state index contributed by atoms with van der Waals surface area (Å²) >= 11 is 0. The van der Waals surface area contributed by atoms with Crippen molar-refractivity contribution in [1.29, 1.82) is 0 Å². The zero-order valence-corrected chi connectivity index (χ0v) is 15.6. The number of hydrogen-bond donors (Lipinski definition) is 0. The Bertz CT molecular complexity index is 604. The maximum Gasteiger partial charge on any atom is 0.410 e. The summed E-state index contributed by atoms with van der Waals surface area (Å²) < 4.78 is 10.7. The highest BCUT2D eigenvalue weighted by molar-refractivity contribution is 5.71. The van der Waals surface area contributed by atoms with Crippen LogP contribution in [0.4, 0.5) is 4.79 Å². The van der Waals surface area contributed by atoms with E-state index in [1.54, 1.807) is 11.8 Å². The van der Waals surface area contributed by atoms with Crippen molar-refractivity contribution in [3.05, 3.63) is 41.8 Å². The molecule has 1 unspecified atom stereocenters. The van der Waals surface area contributed by atoms with Gasteiger partial charge < -0.3 is 19.5 Å². The van der Waals surface area contributed by atoms with Gasteiger partial charge in [-0.2, -0.15) is 0 Å². The molecule has 1 fully saturated rings. The number of likely N-dealkylation sites (tertiary alicyclic amines) is 1. The minimum absolute atomic E-state index is 0.0468. The predicted octanol–water partition coefficient (Wildman–Crippen LogP) is 3.54. The Balaban J connectivity index is 2.20. The Morgan fingerprint density at radius 3 is 2.56 bits per heavy atom. The molecule has 0 aliphatic carbocycles. The summed E-state index contributed by atoms with van der Waals surface area (Å²) in [7, 11) is 0. The van der Waals surface area contributed by atoms with Gasteiger partial charge in [0.15, 0.2) is 0 Å². The number of hydrogen-bond acceptors (Lipinski definition) is 4. The molecule has 1 saturated heterocycles. The molecule has 1 heterocycles. The number of ether oxygens (including phenoxy) is 2. The number of benzene rings is 1. The smallest absolute Gasteiger partial charge is 0.410 e. The monoisotopic (exact) mass is 346 g/mol. The van der Waals surface area contributed by atoms with E-state index in [9.17, 15) is 9.90 Å². The molecule has 0 radical (unpaired) electrons. The Morgan fingerprint density at radius 1 is 1.28 bits per heavy atom. The number of carbonyl (C=O) groups is 1. The van der Waals surface area contributed by atoms with Crippen molar-refractivity contribution in [2.24, 2.45) is 0 Å². The minimum Gasteiger partial charge on any atom is -0.613 e. The van der Waals surface area contributed by atoms with E-state index < -0.39 is 5.60 Å². The van der Waals surface area contributed by atoms with E-state index in [1.165, 1.54) is 0 Å². The fourth-order valence-corrected chi connectivity index (χ4v) is 3.02. The van der Waals surface area contributed by atoms with Crippen molar-refractivity contribution in [3.8, 4) is 0 Å². The molecular weight excluding hydrogens is 318 g/mol. The Hall–Kier alpha value is -2.17. The Labute approximate surface area is 150 Å². The van der Waals surface area contributed by atoms with E-state index in [-0.39, 0.29) is 18.1 Å². The van der Waals surface area contributed by atoms with Crippen molar-refractivity contribution in [2.75, 3.05) is 13.2 Å². The standard InChI is InChI=1S/C20H29NO4/c1-5-24-18(22)17(15-10-7-6-8-11-15)14-16-12-9-13-21(16)19(23)25-20(2,3)4/h6-8,10-11,16,22H,5,9,12-14H2,1-4H3/p-1/b18-17+. The molecule has 138 valence electrons. The molecule has 25 heavy (non-hydrogen) atoms. The zero-order valence-electron chi connectivity index (χ0n) is 15.6. The number of carbonyl (C=O) groups excluding carboxylic acids is 1. The highest BCUT2D eigenvalue weighted by Crippen LogP contribution is 2.30. The molecule has 2 rings (SSSR count). The van der Waals surface area contributed by atoms with Crippen LogP contribution in [0.1, 0.15) is 52.5 Å². The molecule has 1 atom stereocenters. The summed E-state index contributed by atoms with van der Waals surface area (Å²) in [6, 6.07) is 9.46. The van der Waals surface area contributed by atoms with Gasteiger partial charge in [-0.15, -0.1) is 0 Å². The van der Waals surface area contributed by atoms with Crippen LogP contribution in [0, 0.1) is 0 Å². The van der Waals surface area contributed by atoms with Crippen molar-refractivity contribution in [3.63, 3.8) is 0 Å². The second-order valence-corrected chi connectivity index (χ2v) is 7.24.